The molecule has 1 saturated heterocycles. The number of amides is 2. The lowest BCUT2D eigenvalue weighted by Gasteiger charge is -2.33. The molecule has 1 heterocycles. The summed E-state index contributed by atoms with van der Waals surface area (Å²) in [6.07, 6.45) is 5.04. The van der Waals surface area contributed by atoms with E-state index in [0.717, 1.165) is 32.2 Å². The van der Waals surface area contributed by atoms with Crippen LogP contribution in [0.25, 0.3) is 0 Å². The number of piperidine rings is 1. The van der Waals surface area contributed by atoms with Crippen LogP contribution in [-0.4, -0.2) is 41.9 Å². The summed E-state index contributed by atoms with van der Waals surface area (Å²) in [5, 5.41) is 3.06. The number of hydrogen-bond acceptors (Lipinski definition) is 3. The number of carbonyl (C=O) groups excluding carboxylic acids is 2. The Bertz CT molecular complexity index is 344. The molecule has 5 heteroatoms. The summed E-state index contributed by atoms with van der Waals surface area (Å²) in [6.45, 7) is 7.39. The van der Waals surface area contributed by atoms with Gasteiger partial charge in [-0.25, -0.2) is 0 Å². The third-order valence-electron chi connectivity index (χ3n) is 4.07. The van der Waals surface area contributed by atoms with E-state index in [1.54, 1.807) is 0 Å². The number of carbonyl (C=O) groups is 2. The van der Waals surface area contributed by atoms with Gasteiger partial charge < -0.3 is 16.0 Å². The van der Waals surface area contributed by atoms with Gasteiger partial charge >= 0.3 is 0 Å². The van der Waals surface area contributed by atoms with Crippen LogP contribution in [0, 0.1) is 5.92 Å². The van der Waals surface area contributed by atoms with Gasteiger partial charge in [-0.3, -0.25) is 9.59 Å². The van der Waals surface area contributed by atoms with Crippen molar-refractivity contribution in [1.29, 1.82) is 0 Å². The highest BCUT2D eigenvalue weighted by Gasteiger charge is 2.28. The highest BCUT2D eigenvalue weighted by Crippen LogP contribution is 2.18. The molecular formula is C16H31N3O2. The zero-order chi connectivity index (χ0) is 15.8. The van der Waals surface area contributed by atoms with Crippen LogP contribution in [0.3, 0.4) is 0 Å². The van der Waals surface area contributed by atoms with E-state index in [4.69, 9.17) is 5.73 Å². The number of rotatable bonds is 7. The molecule has 3 N–H and O–H groups in total. The van der Waals surface area contributed by atoms with Crippen LogP contribution >= 0.6 is 0 Å². The predicted molar refractivity (Wildman–Crippen MR) is 84.7 cm³/mol. The van der Waals surface area contributed by atoms with Crippen LogP contribution in [0.15, 0.2) is 0 Å². The lowest BCUT2D eigenvalue weighted by Crippen LogP contribution is -2.47. The normalized spacial score (nSPS) is 21.7. The Kier molecular flexibility index (Phi) is 7.72. The Morgan fingerprint density at radius 2 is 2.05 bits per heavy atom. The molecule has 0 saturated carbocycles. The molecule has 0 spiro atoms. The first kappa shape index (κ1) is 18.0. The maximum absolute atomic E-state index is 12.2. The predicted octanol–water partition coefficient (Wildman–Crippen LogP) is 1.66. The van der Waals surface area contributed by atoms with Crippen molar-refractivity contribution in [2.24, 2.45) is 11.7 Å². The molecule has 122 valence electrons. The van der Waals surface area contributed by atoms with E-state index >= 15 is 0 Å². The molecule has 0 bridgehead atoms. The minimum Gasteiger partial charge on any atom is -0.353 e. The Morgan fingerprint density at radius 1 is 1.33 bits per heavy atom. The van der Waals surface area contributed by atoms with Crippen LogP contribution in [0.2, 0.25) is 0 Å². The van der Waals surface area contributed by atoms with Crippen molar-refractivity contribution < 1.29 is 9.59 Å². The van der Waals surface area contributed by atoms with Crippen molar-refractivity contribution in [3.05, 3.63) is 0 Å². The van der Waals surface area contributed by atoms with E-state index in [2.05, 4.69) is 12.2 Å². The molecule has 1 fully saturated rings. The third-order valence-corrected chi connectivity index (χ3v) is 4.07. The largest absolute Gasteiger partial charge is 0.353 e. The SMILES string of the molecule is CCCC(C)NC(=O)C1CCCN(C(=O)CCC(C)N)C1. The summed E-state index contributed by atoms with van der Waals surface area (Å²) in [7, 11) is 0. The molecule has 3 atom stereocenters. The van der Waals surface area contributed by atoms with Gasteiger partial charge in [-0.1, -0.05) is 13.3 Å². The Morgan fingerprint density at radius 3 is 2.67 bits per heavy atom. The molecule has 0 radical (unpaired) electrons. The molecule has 21 heavy (non-hydrogen) atoms. The van der Waals surface area contributed by atoms with Crippen LogP contribution in [0.5, 0.6) is 0 Å². The van der Waals surface area contributed by atoms with Gasteiger partial charge in [-0.15, -0.1) is 0 Å². The smallest absolute Gasteiger partial charge is 0.225 e. The van der Waals surface area contributed by atoms with Crippen molar-refractivity contribution in [3.63, 3.8) is 0 Å². The lowest BCUT2D eigenvalue weighted by atomic mass is 9.96. The summed E-state index contributed by atoms with van der Waals surface area (Å²) in [5.41, 5.74) is 5.69. The molecule has 5 nitrogen and oxygen atoms in total. The lowest BCUT2D eigenvalue weighted by molar-refractivity contribution is -0.136. The minimum atomic E-state index is -0.0580. The van der Waals surface area contributed by atoms with Crippen LogP contribution < -0.4 is 11.1 Å². The van der Waals surface area contributed by atoms with Gasteiger partial charge in [0, 0.05) is 31.6 Å². The van der Waals surface area contributed by atoms with Crippen LogP contribution in [0.1, 0.15) is 59.3 Å². The van der Waals surface area contributed by atoms with Crippen molar-refractivity contribution in [1.82, 2.24) is 10.2 Å². The minimum absolute atomic E-state index is 0.0488. The second-order valence-corrected chi connectivity index (χ2v) is 6.39. The zero-order valence-corrected chi connectivity index (χ0v) is 13.7. The number of hydrogen-bond donors (Lipinski definition) is 2. The molecule has 2 amide bonds. The molecule has 0 aromatic heterocycles. The fourth-order valence-electron chi connectivity index (χ4n) is 2.79. The maximum atomic E-state index is 12.2. The first-order chi connectivity index (χ1) is 9.93. The maximum Gasteiger partial charge on any atom is 0.225 e. The van der Waals surface area contributed by atoms with Gasteiger partial charge in [-0.2, -0.15) is 0 Å². The van der Waals surface area contributed by atoms with Crippen molar-refractivity contribution in [2.45, 2.75) is 71.4 Å². The van der Waals surface area contributed by atoms with E-state index in [9.17, 15) is 9.59 Å². The van der Waals surface area contributed by atoms with Crippen molar-refractivity contribution in [2.75, 3.05) is 13.1 Å². The standard InChI is InChI=1S/C16H31N3O2/c1-4-6-13(3)18-16(21)14-7-5-10-19(11-14)15(20)9-8-12(2)17/h12-14H,4-11,17H2,1-3H3,(H,18,21). The van der Waals surface area contributed by atoms with E-state index in [0.29, 0.717) is 19.4 Å². The summed E-state index contributed by atoms with van der Waals surface area (Å²) >= 11 is 0. The molecule has 0 aromatic carbocycles. The summed E-state index contributed by atoms with van der Waals surface area (Å²) < 4.78 is 0. The van der Waals surface area contributed by atoms with Gasteiger partial charge in [0.25, 0.3) is 0 Å². The zero-order valence-electron chi connectivity index (χ0n) is 13.7. The molecule has 1 aliphatic rings. The van der Waals surface area contributed by atoms with Gasteiger partial charge in [0.05, 0.1) is 5.92 Å². The molecule has 0 aromatic rings. The topological polar surface area (TPSA) is 75.4 Å². The molecule has 0 aliphatic carbocycles. The molecule has 3 unspecified atom stereocenters. The van der Waals surface area contributed by atoms with Crippen molar-refractivity contribution in [3.8, 4) is 0 Å². The average molecular weight is 297 g/mol. The van der Waals surface area contributed by atoms with Crippen LogP contribution in [0.4, 0.5) is 0 Å². The third kappa shape index (κ3) is 6.46. The van der Waals surface area contributed by atoms with Gasteiger partial charge in [-0.05, 0) is 39.5 Å². The number of nitrogens with one attached hydrogen (secondary N) is 1. The fourth-order valence-corrected chi connectivity index (χ4v) is 2.79. The highest BCUT2D eigenvalue weighted by molar-refractivity contribution is 5.81. The van der Waals surface area contributed by atoms with Gasteiger partial charge in [0.1, 0.15) is 0 Å². The first-order valence-corrected chi connectivity index (χ1v) is 8.27. The van der Waals surface area contributed by atoms with Crippen molar-refractivity contribution >= 4 is 11.8 Å². The molecule has 1 aliphatic heterocycles. The summed E-state index contributed by atoms with van der Waals surface area (Å²) in [6, 6.07) is 0.263. The quantitative estimate of drug-likeness (QED) is 0.750. The van der Waals surface area contributed by atoms with Gasteiger partial charge in [0.15, 0.2) is 0 Å². The first-order valence-electron chi connectivity index (χ1n) is 8.27. The summed E-state index contributed by atoms with van der Waals surface area (Å²) in [4.78, 5) is 26.2. The van der Waals surface area contributed by atoms with Crippen LogP contribution in [-0.2, 0) is 9.59 Å². The fraction of sp³-hybridized carbons (Fsp3) is 0.875. The van der Waals surface area contributed by atoms with E-state index < -0.39 is 0 Å². The highest BCUT2D eigenvalue weighted by atomic mass is 16.2. The van der Waals surface area contributed by atoms with E-state index in [1.807, 2.05) is 18.7 Å². The summed E-state index contributed by atoms with van der Waals surface area (Å²) in [5.74, 6) is 0.171. The van der Waals surface area contributed by atoms with E-state index in [1.165, 1.54) is 0 Å². The second kappa shape index (κ2) is 9.03. The Labute approximate surface area is 128 Å². The number of nitrogens with zero attached hydrogens (tertiary/aromatic N) is 1. The number of likely N-dealkylation sites (tertiary alicyclic amines) is 1. The Hall–Kier alpha value is -1.10. The van der Waals surface area contributed by atoms with E-state index in [-0.39, 0.29) is 29.8 Å². The molecule has 1 rings (SSSR count). The second-order valence-electron chi connectivity index (χ2n) is 6.39. The van der Waals surface area contributed by atoms with Gasteiger partial charge in [0.2, 0.25) is 11.8 Å². The molecular weight excluding hydrogens is 266 g/mol. The number of nitrogens with two attached hydrogens (primary N) is 1. The Balaban J connectivity index is 2.44. The monoisotopic (exact) mass is 297 g/mol. The average Bonchev–Trinajstić information content (AvgIpc) is 2.45.